The maximum Gasteiger partial charge on any atom is 0.414 e. The topological polar surface area (TPSA) is 122 Å². The first-order chi connectivity index (χ1) is 17.2. The Morgan fingerprint density at radius 1 is 1.06 bits per heavy atom. The number of cyclic esters (lactones) is 1. The third-order valence-electron chi connectivity index (χ3n) is 6.83. The number of carbonyl (C=O) groups is 4. The molecule has 2 aromatic rings. The fraction of sp³-hybridized carbons (Fsp3) is 0.407. The zero-order valence-electron chi connectivity index (χ0n) is 20.7. The summed E-state index contributed by atoms with van der Waals surface area (Å²) in [6.45, 7) is 5.68. The van der Waals surface area contributed by atoms with Gasteiger partial charge >= 0.3 is 6.09 Å². The van der Waals surface area contributed by atoms with Gasteiger partial charge in [0.15, 0.2) is 5.78 Å². The predicted molar refractivity (Wildman–Crippen MR) is 136 cm³/mol. The molecule has 0 bridgehead atoms. The Bertz CT molecular complexity index is 1140. The van der Waals surface area contributed by atoms with Crippen LogP contribution in [0.3, 0.4) is 0 Å². The lowest BCUT2D eigenvalue weighted by molar-refractivity contribution is -0.138. The monoisotopic (exact) mass is 492 g/mol. The second-order valence-corrected chi connectivity index (χ2v) is 9.68. The van der Waals surface area contributed by atoms with Gasteiger partial charge < -0.3 is 20.7 Å². The number of ketones is 1. The molecule has 2 heterocycles. The molecule has 0 radical (unpaired) electrons. The van der Waals surface area contributed by atoms with Gasteiger partial charge in [0.25, 0.3) is 0 Å². The number of amides is 3. The lowest BCUT2D eigenvalue weighted by Gasteiger charge is -2.48. The van der Waals surface area contributed by atoms with Gasteiger partial charge in [-0.1, -0.05) is 26.0 Å². The first-order valence-electron chi connectivity index (χ1n) is 12.2. The fourth-order valence-corrected chi connectivity index (χ4v) is 4.58. The first kappa shape index (κ1) is 25.2. The maximum absolute atomic E-state index is 12.6. The predicted octanol–water partition coefficient (Wildman–Crippen LogP) is 2.88. The van der Waals surface area contributed by atoms with Crippen LogP contribution in [-0.2, 0) is 19.7 Å². The summed E-state index contributed by atoms with van der Waals surface area (Å²) in [5, 5.41) is 2.75. The number of nitrogens with two attached hydrogens (primary N) is 1. The second-order valence-electron chi connectivity index (χ2n) is 9.68. The summed E-state index contributed by atoms with van der Waals surface area (Å²) in [5.74, 6) is -0.185. The third kappa shape index (κ3) is 5.50. The number of Topliss-reactive ketones (excluding diaryl/α,β-unsaturated/α-hetero) is 1. The molecular formula is C27H32N4O5. The van der Waals surface area contributed by atoms with Gasteiger partial charge in [0.05, 0.1) is 13.1 Å². The number of hydrogen-bond acceptors (Lipinski definition) is 6. The largest absolute Gasteiger partial charge is 0.442 e. The van der Waals surface area contributed by atoms with Crippen molar-refractivity contribution in [2.24, 2.45) is 0 Å². The van der Waals surface area contributed by atoms with E-state index in [9.17, 15) is 19.2 Å². The van der Waals surface area contributed by atoms with Crippen molar-refractivity contribution in [3.05, 3.63) is 59.7 Å². The molecule has 36 heavy (non-hydrogen) atoms. The zero-order valence-corrected chi connectivity index (χ0v) is 20.7. The van der Waals surface area contributed by atoms with Crippen LogP contribution < -0.4 is 16.0 Å². The van der Waals surface area contributed by atoms with Gasteiger partial charge in [-0.15, -0.1) is 0 Å². The molecule has 0 saturated carbocycles. The normalized spacial score (nSPS) is 18.4. The van der Waals surface area contributed by atoms with Crippen molar-refractivity contribution in [2.45, 2.75) is 44.6 Å². The molecule has 2 fully saturated rings. The van der Waals surface area contributed by atoms with Gasteiger partial charge in [0, 0.05) is 54.7 Å². The average Bonchev–Trinajstić information content (AvgIpc) is 3.24. The highest BCUT2D eigenvalue weighted by Crippen LogP contribution is 2.36. The number of hydrogen-bond donors (Lipinski definition) is 2. The standard InChI is InChI=1S/C27H32N4O5/c1-3-24(33)29-14-22-15-31(26(35)36-22)21-10-6-19(7-11-21)27(2)16-30(17-27)25(34)13-12-23(32)18-4-8-20(28)9-5-18/h4-11,22H,3,12-17,28H2,1-2H3,(H,29,33)/t22-/m0/s1. The van der Waals surface area contributed by atoms with E-state index < -0.39 is 6.09 Å². The summed E-state index contributed by atoms with van der Waals surface area (Å²) >= 11 is 0. The van der Waals surface area contributed by atoms with Gasteiger partial charge in [-0.3, -0.25) is 19.3 Å². The SMILES string of the molecule is CCC(=O)NC[C@H]1CN(c2ccc(C3(C)CN(C(=O)CCC(=O)c4ccc(N)cc4)C3)cc2)C(=O)O1. The number of ether oxygens (including phenoxy) is 1. The second kappa shape index (κ2) is 10.4. The lowest BCUT2D eigenvalue weighted by atomic mass is 9.75. The van der Waals surface area contributed by atoms with E-state index >= 15 is 0 Å². The fourth-order valence-electron chi connectivity index (χ4n) is 4.58. The van der Waals surface area contributed by atoms with E-state index in [4.69, 9.17) is 10.5 Å². The summed E-state index contributed by atoms with van der Waals surface area (Å²) in [5.41, 5.74) is 8.43. The Morgan fingerprint density at radius 2 is 1.72 bits per heavy atom. The molecule has 3 amide bonds. The van der Waals surface area contributed by atoms with Crippen LogP contribution in [-0.4, -0.2) is 60.9 Å². The number of nitrogens with one attached hydrogen (secondary N) is 1. The van der Waals surface area contributed by atoms with Gasteiger partial charge in [-0.25, -0.2) is 4.79 Å². The zero-order chi connectivity index (χ0) is 25.9. The highest BCUT2D eigenvalue weighted by molar-refractivity contribution is 5.98. The average molecular weight is 493 g/mol. The molecule has 2 saturated heterocycles. The summed E-state index contributed by atoms with van der Waals surface area (Å²) in [6, 6.07) is 14.4. The molecule has 0 aromatic heterocycles. The maximum atomic E-state index is 12.6. The number of nitrogens with zero attached hydrogens (tertiary/aromatic N) is 2. The van der Waals surface area contributed by atoms with Crippen molar-refractivity contribution < 1.29 is 23.9 Å². The van der Waals surface area contributed by atoms with E-state index in [1.54, 1.807) is 41.0 Å². The smallest absolute Gasteiger partial charge is 0.414 e. The molecule has 0 spiro atoms. The quantitative estimate of drug-likeness (QED) is 0.410. The Balaban J connectivity index is 1.27. The molecule has 2 aliphatic heterocycles. The molecular weight excluding hydrogens is 460 g/mol. The van der Waals surface area contributed by atoms with E-state index in [1.807, 2.05) is 24.3 Å². The minimum Gasteiger partial charge on any atom is -0.442 e. The molecule has 2 aliphatic rings. The van der Waals surface area contributed by atoms with E-state index in [0.29, 0.717) is 43.9 Å². The Morgan fingerprint density at radius 3 is 2.36 bits per heavy atom. The summed E-state index contributed by atoms with van der Waals surface area (Å²) in [4.78, 5) is 52.0. The van der Waals surface area contributed by atoms with Crippen LogP contribution in [0.1, 0.15) is 49.0 Å². The van der Waals surface area contributed by atoms with Gasteiger partial charge in [0.1, 0.15) is 6.10 Å². The van der Waals surface area contributed by atoms with Crippen molar-refractivity contribution in [3.63, 3.8) is 0 Å². The Kier molecular flexibility index (Phi) is 7.28. The van der Waals surface area contributed by atoms with Crippen LogP contribution in [0.4, 0.5) is 16.2 Å². The van der Waals surface area contributed by atoms with E-state index in [-0.39, 0.29) is 42.0 Å². The lowest BCUT2D eigenvalue weighted by Crippen LogP contribution is -2.59. The number of benzene rings is 2. The van der Waals surface area contributed by atoms with Crippen LogP contribution in [0.5, 0.6) is 0 Å². The van der Waals surface area contributed by atoms with Gasteiger partial charge in [0.2, 0.25) is 11.8 Å². The number of carbonyl (C=O) groups excluding carboxylic acids is 4. The molecule has 2 aromatic carbocycles. The summed E-state index contributed by atoms with van der Waals surface area (Å²) in [6.07, 6.45) is -0.0912. The van der Waals surface area contributed by atoms with Crippen molar-refractivity contribution in [3.8, 4) is 0 Å². The van der Waals surface area contributed by atoms with Crippen molar-refractivity contribution in [2.75, 3.05) is 36.8 Å². The van der Waals surface area contributed by atoms with Crippen molar-refractivity contribution in [1.29, 1.82) is 0 Å². The van der Waals surface area contributed by atoms with Crippen molar-refractivity contribution in [1.82, 2.24) is 10.2 Å². The summed E-state index contributed by atoms with van der Waals surface area (Å²) < 4.78 is 5.37. The summed E-state index contributed by atoms with van der Waals surface area (Å²) in [7, 11) is 0. The molecule has 0 unspecified atom stereocenters. The number of rotatable bonds is 9. The molecule has 4 rings (SSSR count). The molecule has 0 aliphatic carbocycles. The minimum absolute atomic E-state index is 0.0334. The van der Waals surface area contributed by atoms with Gasteiger partial charge in [-0.2, -0.15) is 0 Å². The Labute approximate surface area is 210 Å². The van der Waals surface area contributed by atoms with E-state index in [2.05, 4.69) is 12.2 Å². The first-order valence-corrected chi connectivity index (χ1v) is 12.2. The Hall–Kier alpha value is -3.88. The van der Waals surface area contributed by atoms with Crippen molar-refractivity contribution >= 4 is 35.1 Å². The highest BCUT2D eigenvalue weighted by Gasteiger charge is 2.42. The van der Waals surface area contributed by atoms with Crippen LogP contribution in [0.2, 0.25) is 0 Å². The highest BCUT2D eigenvalue weighted by atomic mass is 16.6. The van der Waals surface area contributed by atoms with Crippen LogP contribution >= 0.6 is 0 Å². The number of anilines is 2. The van der Waals surface area contributed by atoms with Crippen LogP contribution in [0.25, 0.3) is 0 Å². The van der Waals surface area contributed by atoms with Gasteiger partial charge in [-0.05, 0) is 42.0 Å². The molecule has 9 nitrogen and oxygen atoms in total. The third-order valence-corrected chi connectivity index (χ3v) is 6.83. The van der Waals surface area contributed by atoms with E-state index in [1.165, 1.54) is 0 Å². The minimum atomic E-state index is -0.432. The number of likely N-dealkylation sites (tertiary alicyclic amines) is 1. The number of nitrogen functional groups attached to an aromatic ring is 1. The van der Waals surface area contributed by atoms with Crippen LogP contribution in [0, 0.1) is 0 Å². The molecule has 9 heteroatoms. The molecule has 3 N–H and O–H groups in total. The van der Waals surface area contributed by atoms with E-state index in [0.717, 1.165) is 11.3 Å². The van der Waals surface area contributed by atoms with Crippen LogP contribution in [0.15, 0.2) is 48.5 Å². The molecule has 1 atom stereocenters. The molecule has 190 valence electrons.